The Balaban J connectivity index is 1.49. The molecule has 6 heteroatoms. The van der Waals surface area contributed by atoms with Gasteiger partial charge in [0.15, 0.2) is 0 Å². The third-order valence-corrected chi connectivity index (χ3v) is 5.76. The smallest absolute Gasteiger partial charge is 0.251 e. The van der Waals surface area contributed by atoms with Crippen LogP contribution in [0.5, 0.6) is 0 Å². The van der Waals surface area contributed by atoms with Crippen molar-refractivity contribution in [3.8, 4) is 0 Å². The summed E-state index contributed by atoms with van der Waals surface area (Å²) >= 11 is 7.67. The maximum atomic E-state index is 12.7. The van der Waals surface area contributed by atoms with Gasteiger partial charge in [-0.05, 0) is 53.8 Å². The van der Waals surface area contributed by atoms with Crippen molar-refractivity contribution in [1.82, 2.24) is 15.1 Å². The average molecular weight is 422 g/mol. The summed E-state index contributed by atoms with van der Waals surface area (Å²) in [6.07, 6.45) is 3.87. The van der Waals surface area contributed by atoms with Crippen molar-refractivity contribution >= 4 is 40.2 Å². The predicted octanol–water partition coefficient (Wildman–Crippen LogP) is 5.39. The highest BCUT2D eigenvalue weighted by molar-refractivity contribution is 7.98. The molecule has 146 valence electrons. The molecular formula is C23H20ClN3OS. The molecule has 0 fully saturated rings. The SMILES string of the molecule is CSc1ccc(CNC(=O)c2ccc3cnn(Cc4ccc(Cl)cc4)c3c2)cc1. The number of carbonyl (C=O) groups excluding carboxylic acids is 1. The molecule has 0 aliphatic rings. The summed E-state index contributed by atoms with van der Waals surface area (Å²) in [5, 5.41) is 9.18. The van der Waals surface area contributed by atoms with Crippen LogP contribution in [0.2, 0.25) is 5.02 Å². The molecule has 0 radical (unpaired) electrons. The van der Waals surface area contributed by atoms with Gasteiger partial charge in [0, 0.05) is 27.4 Å². The second kappa shape index (κ2) is 8.72. The molecule has 0 unspecified atom stereocenters. The molecule has 1 aromatic heterocycles. The lowest BCUT2D eigenvalue weighted by molar-refractivity contribution is 0.0951. The number of aromatic nitrogens is 2. The number of fused-ring (bicyclic) bond motifs is 1. The van der Waals surface area contributed by atoms with Crippen LogP contribution in [0.4, 0.5) is 0 Å². The van der Waals surface area contributed by atoms with E-state index in [1.165, 1.54) is 4.90 Å². The zero-order valence-corrected chi connectivity index (χ0v) is 17.5. The van der Waals surface area contributed by atoms with E-state index < -0.39 is 0 Å². The summed E-state index contributed by atoms with van der Waals surface area (Å²) in [5.74, 6) is -0.0971. The van der Waals surface area contributed by atoms with E-state index in [1.54, 1.807) is 11.8 Å². The number of benzene rings is 3. The fraction of sp³-hybridized carbons (Fsp3) is 0.130. The number of nitrogens with one attached hydrogen (secondary N) is 1. The Morgan fingerprint density at radius 2 is 1.76 bits per heavy atom. The molecule has 0 bridgehead atoms. The fourth-order valence-corrected chi connectivity index (χ4v) is 3.66. The first-order chi connectivity index (χ1) is 14.1. The lowest BCUT2D eigenvalue weighted by Crippen LogP contribution is -2.22. The number of hydrogen-bond acceptors (Lipinski definition) is 3. The van der Waals surface area contributed by atoms with E-state index in [1.807, 2.05) is 71.7 Å². The van der Waals surface area contributed by atoms with Gasteiger partial charge in [0.25, 0.3) is 5.91 Å². The van der Waals surface area contributed by atoms with E-state index >= 15 is 0 Å². The van der Waals surface area contributed by atoms with Crippen LogP contribution in [0.15, 0.2) is 77.8 Å². The second-order valence-corrected chi connectivity index (χ2v) is 8.05. The van der Waals surface area contributed by atoms with Gasteiger partial charge >= 0.3 is 0 Å². The number of rotatable bonds is 6. The van der Waals surface area contributed by atoms with E-state index in [4.69, 9.17) is 11.6 Å². The van der Waals surface area contributed by atoms with Gasteiger partial charge in [-0.3, -0.25) is 9.48 Å². The fourth-order valence-electron chi connectivity index (χ4n) is 3.13. The van der Waals surface area contributed by atoms with Crippen molar-refractivity contribution in [2.75, 3.05) is 6.26 Å². The van der Waals surface area contributed by atoms with Gasteiger partial charge < -0.3 is 5.32 Å². The van der Waals surface area contributed by atoms with Crippen molar-refractivity contribution in [2.45, 2.75) is 18.0 Å². The Morgan fingerprint density at radius 3 is 2.48 bits per heavy atom. The van der Waals surface area contributed by atoms with Gasteiger partial charge in [0.1, 0.15) is 0 Å². The monoisotopic (exact) mass is 421 g/mol. The van der Waals surface area contributed by atoms with Crippen molar-refractivity contribution in [2.24, 2.45) is 0 Å². The molecule has 0 spiro atoms. The maximum Gasteiger partial charge on any atom is 0.251 e. The van der Waals surface area contributed by atoms with Gasteiger partial charge in [0.05, 0.1) is 18.3 Å². The number of nitrogens with zero attached hydrogens (tertiary/aromatic N) is 2. The first-order valence-electron chi connectivity index (χ1n) is 9.23. The van der Waals surface area contributed by atoms with E-state index in [2.05, 4.69) is 22.5 Å². The standard InChI is InChI=1S/C23H20ClN3OS/c1-29-21-10-4-16(5-11-21)13-25-23(28)18-6-7-19-14-26-27(22(19)12-18)15-17-2-8-20(24)9-3-17/h2-12,14H,13,15H2,1H3,(H,25,28). The highest BCUT2D eigenvalue weighted by Gasteiger charge is 2.10. The van der Waals surface area contributed by atoms with Crippen LogP contribution in [0, 0.1) is 0 Å². The van der Waals surface area contributed by atoms with Crippen LogP contribution >= 0.6 is 23.4 Å². The third kappa shape index (κ3) is 4.63. The zero-order valence-electron chi connectivity index (χ0n) is 15.9. The predicted molar refractivity (Wildman–Crippen MR) is 120 cm³/mol. The van der Waals surface area contributed by atoms with E-state index in [0.29, 0.717) is 23.7 Å². The highest BCUT2D eigenvalue weighted by atomic mass is 35.5. The molecule has 0 aliphatic carbocycles. The van der Waals surface area contributed by atoms with Crippen LogP contribution in [-0.4, -0.2) is 21.9 Å². The molecule has 0 saturated heterocycles. The zero-order chi connectivity index (χ0) is 20.2. The van der Waals surface area contributed by atoms with Crippen LogP contribution in [0.25, 0.3) is 10.9 Å². The first kappa shape index (κ1) is 19.6. The molecular weight excluding hydrogens is 402 g/mol. The summed E-state index contributed by atoms with van der Waals surface area (Å²) < 4.78 is 1.90. The Kier molecular flexibility index (Phi) is 5.88. The van der Waals surface area contributed by atoms with Gasteiger partial charge in [0.2, 0.25) is 0 Å². The van der Waals surface area contributed by atoms with Crippen LogP contribution in [0.1, 0.15) is 21.5 Å². The molecule has 0 aliphatic heterocycles. The van der Waals surface area contributed by atoms with Gasteiger partial charge in [-0.1, -0.05) is 41.9 Å². The lowest BCUT2D eigenvalue weighted by Gasteiger charge is -2.08. The van der Waals surface area contributed by atoms with Crippen molar-refractivity contribution in [1.29, 1.82) is 0 Å². The minimum absolute atomic E-state index is 0.0971. The normalized spacial score (nSPS) is 11.0. The molecule has 1 amide bonds. The van der Waals surface area contributed by atoms with Gasteiger partial charge in [-0.2, -0.15) is 5.10 Å². The summed E-state index contributed by atoms with van der Waals surface area (Å²) in [7, 11) is 0. The quantitative estimate of drug-likeness (QED) is 0.424. The third-order valence-electron chi connectivity index (χ3n) is 4.76. The van der Waals surface area contributed by atoms with Gasteiger partial charge in [-0.25, -0.2) is 0 Å². The molecule has 4 rings (SSSR count). The molecule has 4 nitrogen and oxygen atoms in total. The Morgan fingerprint density at radius 1 is 1.03 bits per heavy atom. The Labute approximate surface area is 178 Å². The van der Waals surface area contributed by atoms with Gasteiger partial charge in [-0.15, -0.1) is 11.8 Å². The van der Waals surface area contributed by atoms with Crippen LogP contribution in [-0.2, 0) is 13.1 Å². The van der Waals surface area contributed by atoms with Crippen LogP contribution in [0.3, 0.4) is 0 Å². The van der Waals surface area contributed by atoms with E-state index in [9.17, 15) is 4.79 Å². The maximum absolute atomic E-state index is 12.7. The summed E-state index contributed by atoms with van der Waals surface area (Å²) in [4.78, 5) is 13.9. The number of amides is 1. The first-order valence-corrected chi connectivity index (χ1v) is 10.8. The lowest BCUT2D eigenvalue weighted by atomic mass is 10.1. The second-order valence-electron chi connectivity index (χ2n) is 6.73. The molecule has 29 heavy (non-hydrogen) atoms. The highest BCUT2D eigenvalue weighted by Crippen LogP contribution is 2.19. The average Bonchev–Trinajstić information content (AvgIpc) is 3.16. The molecule has 0 saturated carbocycles. The molecule has 1 heterocycles. The molecule has 0 atom stereocenters. The minimum Gasteiger partial charge on any atom is -0.348 e. The topological polar surface area (TPSA) is 46.9 Å². The summed E-state index contributed by atoms with van der Waals surface area (Å²) in [6, 6.07) is 21.6. The van der Waals surface area contributed by atoms with Crippen molar-refractivity contribution < 1.29 is 4.79 Å². The van der Waals surface area contributed by atoms with E-state index in [-0.39, 0.29) is 5.91 Å². The molecule has 1 N–H and O–H groups in total. The number of thioether (sulfide) groups is 1. The summed E-state index contributed by atoms with van der Waals surface area (Å²) in [6.45, 7) is 1.11. The number of halogens is 1. The van der Waals surface area contributed by atoms with Crippen molar-refractivity contribution in [3.63, 3.8) is 0 Å². The van der Waals surface area contributed by atoms with Crippen LogP contribution < -0.4 is 5.32 Å². The molecule has 4 aromatic rings. The summed E-state index contributed by atoms with van der Waals surface area (Å²) in [5.41, 5.74) is 3.72. The van der Waals surface area contributed by atoms with Crippen molar-refractivity contribution in [3.05, 3.63) is 94.6 Å². The van der Waals surface area contributed by atoms with E-state index in [0.717, 1.165) is 22.0 Å². The molecule has 3 aromatic carbocycles. The Bertz CT molecular complexity index is 1140. The minimum atomic E-state index is -0.0971. The Hall–Kier alpha value is -2.76. The number of carbonyl (C=O) groups is 1. The number of hydrogen-bond donors (Lipinski definition) is 1. The largest absolute Gasteiger partial charge is 0.348 e.